The molecule has 0 atom stereocenters. The fourth-order valence-electron chi connectivity index (χ4n) is 2.82. The van der Waals surface area contributed by atoms with Crippen LogP contribution in [0, 0.1) is 5.82 Å². The summed E-state index contributed by atoms with van der Waals surface area (Å²) in [5.74, 6) is -0.222. The van der Waals surface area contributed by atoms with Crippen molar-refractivity contribution in [1.29, 1.82) is 0 Å². The van der Waals surface area contributed by atoms with Crippen LogP contribution in [0.2, 0.25) is 0 Å². The first kappa shape index (κ1) is 13.4. The number of pyridine rings is 1. The van der Waals surface area contributed by atoms with E-state index < -0.39 is 0 Å². The Bertz CT molecular complexity index is 1010. The summed E-state index contributed by atoms with van der Waals surface area (Å²) in [7, 11) is 0. The van der Waals surface area contributed by atoms with Crippen LogP contribution in [0.4, 0.5) is 4.39 Å². The van der Waals surface area contributed by atoms with Gasteiger partial charge >= 0.3 is 0 Å². The monoisotopic (exact) mass is 351 g/mol. The Hall–Kier alpha value is -2.26. The van der Waals surface area contributed by atoms with Crippen LogP contribution in [0.1, 0.15) is 0 Å². The minimum Gasteiger partial charge on any atom is -0.248 e. The van der Waals surface area contributed by atoms with Gasteiger partial charge in [0.1, 0.15) is 5.82 Å². The van der Waals surface area contributed by atoms with Gasteiger partial charge in [0, 0.05) is 26.4 Å². The highest BCUT2D eigenvalue weighted by Gasteiger charge is 2.14. The molecule has 4 aromatic rings. The van der Waals surface area contributed by atoms with Crippen LogP contribution in [0.3, 0.4) is 0 Å². The van der Waals surface area contributed by atoms with E-state index in [0.29, 0.717) is 5.56 Å². The van der Waals surface area contributed by atoms with Crippen LogP contribution in [0.15, 0.2) is 71.2 Å². The van der Waals surface area contributed by atoms with E-state index in [0.717, 1.165) is 31.8 Å². The zero-order valence-electron chi connectivity index (χ0n) is 11.6. The highest BCUT2D eigenvalue weighted by molar-refractivity contribution is 9.10. The van der Waals surface area contributed by atoms with E-state index in [9.17, 15) is 4.39 Å². The first-order valence-electron chi connectivity index (χ1n) is 6.97. The normalized spacial score (nSPS) is 11.2. The molecule has 0 aliphatic rings. The van der Waals surface area contributed by atoms with Crippen molar-refractivity contribution in [3.63, 3.8) is 0 Å². The number of nitrogens with zero attached hydrogens (tertiary/aromatic N) is 1. The summed E-state index contributed by atoms with van der Waals surface area (Å²) in [4.78, 5) is 4.69. The second kappa shape index (κ2) is 5.18. The maximum atomic E-state index is 14.4. The minimum absolute atomic E-state index is 0.222. The number of hydrogen-bond acceptors (Lipinski definition) is 1. The summed E-state index contributed by atoms with van der Waals surface area (Å²) in [5, 5.41) is 1.90. The molecule has 0 radical (unpaired) electrons. The average molecular weight is 352 g/mol. The molecule has 0 fully saturated rings. The lowest BCUT2D eigenvalue weighted by Crippen LogP contribution is -1.91. The smallest absolute Gasteiger partial charge is 0.131 e. The summed E-state index contributed by atoms with van der Waals surface area (Å²) in [6.45, 7) is 0. The van der Waals surface area contributed by atoms with Gasteiger partial charge in [0.05, 0.1) is 11.0 Å². The van der Waals surface area contributed by atoms with Crippen molar-refractivity contribution in [3.05, 3.63) is 77.0 Å². The van der Waals surface area contributed by atoms with Crippen molar-refractivity contribution in [2.75, 3.05) is 0 Å². The zero-order valence-corrected chi connectivity index (χ0v) is 13.1. The standard InChI is InChI=1S/C19H11BrFN/c20-12-9-10-18-15(11-12)19(13-5-1-3-7-16(13)21)14-6-2-4-8-17(14)22-18/h1-11H. The molecule has 3 aromatic carbocycles. The molecule has 0 saturated carbocycles. The SMILES string of the molecule is Fc1ccccc1-c1c2ccccc2nc2ccc(Br)cc12. The Morgan fingerprint density at radius 2 is 1.50 bits per heavy atom. The second-order valence-electron chi connectivity index (χ2n) is 5.15. The molecule has 0 unspecified atom stereocenters. The van der Waals surface area contributed by atoms with Gasteiger partial charge in [0.15, 0.2) is 0 Å². The molecule has 3 heteroatoms. The molecule has 1 heterocycles. The molecule has 106 valence electrons. The first-order valence-corrected chi connectivity index (χ1v) is 7.76. The van der Waals surface area contributed by atoms with Crippen LogP contribution >= 0.6 is 15.9 Å². The van der Waals surface area contributed by atoms with E-state index in [1.54, 1.807) is 6.07 Å². The van der Waals surface area contributed by atoms with E-state index in [4.69, 9.17) is 4.98 Å². The predicted octanol–water partition coefficient (Wildman–Crippen LogP) is 5.96. The van der Waals surface area contributed by atoms with Gasteiger partial charge in [0.2, 0.25) is 0 Å². The number of para-hydroxylation sites is 1. The fourth-order valence-corrected chi connectivity index (χ4v) is 3.18. The molecule has 0 bridgehead atoms. The van der Waals surface area contributed by atoms with Gasteiger partial charge in [-0.05, 0) is 30.3 Å². The van der Waals surface area contributed by atoms with Gasteiger partial charge in [-0.2, -0.15) is 0 Å². The molecule has 1 aromatic heterocycles. The molecule has 0 aliphatic carbocycles. The third-order valence-corrected chi connectivity index (χ3v) is 4.28. The van der Waals surface area contributed by atoms with Gasteiger partial charge in [0.25, 0.3) is 0 Å². The molecule has 1 nitrogen and oxygen atoms in total. The number of rotatable bonds is 1. The Kier molecular flexibility index (Phi) is 3.16. The molecular weight excluding hydrogens is 341 g/mol. The van der Waals surface area contributed by atoms with Gasteiger partial charge in [-0.1, -0.05) is 52.3 Å². The Morgan fingerprint density at radius 1 is 0.773 bits per heavy atom. The van der Waals surface area contributed by atoms with E-state index >= 15 is 0 Å². The van der Waals surface area contributed by atoms with Crippen molar-refractivity contribution in [3.8, 4) is 11.1 Å². The summed E-state index contributed by atoms with van der Waals surface area (Å²) in [5.41, 5.74) is 3.22. The summed E-state index contributed by atoms with van der Waals surface area (Å²) < 4.78 is 15.4. The molecule has 0 saturated heterocycles. The zero-order chi connectivity index (χ0) is 15.1. The molecule has 0 spiro atoms. The summed E-state index contributed by atoms with van der Waals surface area (Å²) in [6.07, 6.45) is 0. The lowest BCUT2D eigenvalue weighted by atomic mass is 9.96. The number of fused-ring (bicyclic) bond motifs is 2. The van der Waals surface area contributed by atoms with Crippen molar-refractivity contribution < 1.29 is 4.39 Å². The van der Waals surface area contributed by atoms with Crippen LogP contribution in [0.25, 0.3) is 32.9 Å². The Labute approximate surface area is 135 Å². The highest BCUT2D eigenvalue weighted by Crippen LogP contribution is 2.36. The Balaban J connectivity index is 2.25. The molecule has 4 rings (SSSR count). The number of aromatic nitrogens is 1. The van der Waals surface area contributed by atoms with Crippen LogP contribution in [-0.4, -0.2) is 4.98 Å². The first-order chi connectivity index (χ1) is 10.7. The van der Waals surface area contributed by atoms with Crippen LogP contribution < -0.4 is 0 Å². The molecule has 0 N–H and O–H groups in total. The molecule has 0 aliphatic heterocycles. The van der Waals surface area contributed by atoms with Crippen molar-refractivity contribution >= 4 is 37.7 Å². The van der Waals surface area contributed by atoms with E-state index in [1.807, 2.05) is 54.6 Å². The van der Waals surface area contributed by atoms with E-state index in [1.165, 1.54) is 6.07 Å². The quantitative estimate of drug-likeness (QED) is 0.385. The lowest BCUT2D eigenvalue weighted by molar-refractivity contribution is 0.631. The average Bonchev–Trinajstić information content (AvgIpc) is 2.54. The highest BCUT2D eigenvalue weighted by atomic mass is 79.9. The number of halogens is 2. The molecule has 22 heavy (non-hydrogen) atoms. The third kappa shape index (κ3) is 2.09. The van der Waals surface area contributed by atoms with Gasteiger partial charge in [-0.25, -0.2) is 9.37 Å². The lowest BCUT2D eigenvalue weighted by Gasteiger charge is -2.12. The van der Waals surface area contributed by atoms with Crippen molar-refractivity contribution in [1.82, 2.24) is 4.98 Å². The van der Waals surface area contributed by atoms with Gasteiger partial charge in [-0.15, -0.1) is 0 Å². The largest absolute Gasteiger partial charge is 0.248 e. The minimum atomic E-state index is -0.222. The molecule has 0 amide bonds. The van der Waals surface area contributed by atoms with E-state index in [-0.39, 0.29) is 5.82 Å². The van der Waals surface area contributed by atoms with Crippen LogP contribution in [-0.2, 0) is 0 Å². The maximum absolute atomic E-state index is 14.4. The maximum Gasteiger partial charge on any atom is 0.131 e. The van der Waals surface area contributed by atoms with Gasteiger partial charge in [-0.3, -0.25) is 0 Å². The van der Waals surface area contributed by atoms with E-state index in [2.05, 4.69) is 15.9 Å². The van der Waals surface area contributed by atoms with Gasteiger partial charge < -0.3 is 0 Å². The predicted molar refractivity (Wildman–Crippen MR) is 92.3 cm³/mol. The van der Waals surface area contributed by atoms with Crippen molar-refractivity contribution in [2.24, 2.45) is 0 Å². The third-order valence-electron chi connectivity index (χ3n) is 3.79. The van der Waals surface area contributed by atoms with Crippen LogP contribution in [0.5, 0.6) is 0 Å². The Morgan fingerprint density at radius 3 is 2.36 bits per heavy atom. The number of benzene rings is 3. The summed E-state index contributed by atoms with van der Waals surface area (Å²) >= 11 is 3.50. The topological polar surface area (TPSA) is 12.9 Å². The second-order valence-corrected chi connectivity index (χ2v) is 6.06. The fraction of sp³-hybridized carbons (Fsp3) is 0. The molecular formula is C19H11BrFN. The van der Waals surface area contributed by atoms with Crippen molar-refractivity contribution in [2.45, 2.75) is 0 Å². The number of hydrogen-bond donors (Lipinski definition) is 0. The summed E-state index contributed by atoms with van der Waals surface area (Å²) in [6, 6.07) is 20.6.